The average molecular weight is 545 g/mol. The maximum Gasteiger partial charge on any atom is 0.261 e. The normalized spacial score (nSPS) is 16.5. The molecule has 1 amide bonds. The maximum absolute atomic E-state index is 13.8. The summed E-state index contributed by atoms with van der Waals surface area (Å²) in [5, 5.41) is 3.41. The Bertz CT molecular complexity index is 1620. The lowest BCUT2D eigenvalue weighted by atomic mass is 10.0. The molecule has 0 saturated carbocycles. The van der Waals surface area contributed by atoms with Crippen LogP contribution >= 0.6 is 0 Å². The molecule has 1 atom stereocenters. The first-order chi connectivity index (χ1) is 19.4. The van der Waals surface area contributed by atoms with Crippen molar-refractivity contribution in [3.8, 4) is 11.4 Å². The number of hydrogen-bond acceptors (Lipinski definition) is 6. The summed E-state index contributed by atoms with van der Waals surface area (Å²) < 4.78 is 19.2. The molecule has 3 N–H and O–H groups in total. The molecule has 40 heavy (non-hydrogen) atoms. The molecule has 1 fully saturated rings. The van der Waals surface area contributed by atoms with Crippen LogP contribution in [0.5, 0.6) is 0 Å². The number of H-pyrrole nitrogens is 2. The molecule has 10 heteroatoms. The molecule has 2 aliphatic heterocycles. The molecular weight excluding hydrogens is 511 g/mol. The molecule has 0 radical (unpaired) electrons. The smallest absolute Gasteiger partial charge is 0.261 e. The number of amides is 1. The van der Waals surface area contributed by atoms with Gasteiger partial charge in [-0.05, 0) is 67.3 Å². The van der Waals surface area contributed by atoms with E-state index in [1.54, 1.807) is 24.4 Å². The summed E-state index contributed by atoms with van der Waals surface area (Å²) in [5.41, 5.74) is 5.68. The van der Waals surface area contributed by atoms with Gasteiger partial charge in [-0.15, -0.1) is 0 Å². The second-order valence-corrected chi connectivity index (χ2v) is 10.7. The minimum absolute atomic E-state index is 0.0103. The van der Waals surface area contributed by atoms with Crippen LogP contribution in [0.2, 0.25) is 0 Å². The third kappa shape index (κ3) is 5.24. The number of ether oxygens (including phenoxy) is 1. The number of aromatic nitrogens is 3. The van der Waals surface area contributed by atoms with Crippen molar-refractivity contribution in [2.24, 2.45) is 0 Å². The van der Waals surface area contributed by atoms with E-state index >= 15 is 0 Å². The number of carbonyl (C=O) groups excluding carboxylic acids is 1. The van der Waals surface area contributed by atoms with E-state index in [0.717, 1.165) is 55.1 Å². The lowest BCUT2D eigenvalue weighted by Crippen LogP contribution is -2.41. The van der Waals surface area contributed by atoms with Gasteiger partial charge in [-0.1, -0.05) is 6.07 Å². The number of nitrogens with zero attached hydrogens (tertiary/aromatic N) is 3. The topological polar surface area (TPSA) is 106 Å². The molecule has 2 aliphatic rings. The lowest BCUT2D eigenvalue weighted by Gasteiger charge is -2.28. The van der Waals surface area contributed by atoms with Crippen molar-refractivity contribution < 1.29 is 13.9 Å². The minimum atomic E-state index is -0.281. The van der Waals surface area contributed by atoms with Crippen molar-refractivity contribution >= 4 is 22.6 Å². The van der Waals surface area contributed by atoms with E-state index in [9.17, 15) is 14.0 Å². The fraction of sp³-hybridized carbons (Fsp3) is 0.367. The Labute approximate surface area is 231 Å². The first-order valence-electron chi connectivity index (χ1n) is 13.7. The van der Waals surface area contributed by atoms with Gasteiger partial charge in [0, 0.05) is 50.5 Å². The molecule has 0 unspecified atom stereocenters. The van der Waals surface area contributed by atoms with Gasteiger partial charge in [0.25, 0.3) is 11.5 Å². The van der Waals surface area contributed by atoms with Crippen molar-refractivity contribution in [3.05, 3.63) is 81.0 Å². The first kappa shape index (κ1) is 26.2. The molecule has 1 saturated heterocycles. The van der Waals surface area contributed by atoms with E-state index in [1.807, 2.05) is 30.9 Å². The van der Waals surface area contributed by atoms with E-state index < -0.39 is 0 Å². The van der Waals surface area contributed by atoms with Gasteiger partial charge in [-0.2, -0.15) is 0 Å². The van der Waals surface area contributed by atoms with Gasteiger partial charge in [0.05, 0.1) is 29.9 Å². The zero-order chi connectivity index (χ0) is 27.8. The Balaban J connectivity index is 1.22. The summed E-state index contributed by atoms with van der Waals surface area (Å²) in [4.78, 5) is 41.1. The van der Waals surface area contributed by atoms with Gasteiger partial charge in [0.1, 0.15) is 17.2 Å². The van der Waals surface area contributed by atoms with Crippen LogP contribution in [0.15, 0.2) is 47.4 Å². The van der Waals surface area contributed by atoms with Crippen LogP contribution < -0.4 is 10.9 Å². The highest BCUT2D eigenvalue weighted by Crippen LogP contribution is 2.30. The van der Waals surface area contributed by atoms with E-state index in [1.165, 1.54) is 6.07 Å². The second kappa shape index (κ2) is 10.9. The van der Waals surface area contributed by atoms with Gasteiger partial charge in [-0.25, -0.2) is 9.37 Å². The van der Waals surface area contributed by atoms with Crippen LogP contribution in [0.25, 0.3) is 22.4 Å². The van der Waals surface area contributed by atoms with Crippen LogP contribution in [0.3, 0.4) is 0 Å². The summed E-state index contributed by atoms with van der Waals surface area (Å²) in [5.74, 6) is 0.169. The molecular formula is C30H33FN6O3. The van der Waals surface area contributed by atoms with Gasteiger partial charge in [0.15, 0.2) is 0 Å². The van der Waals surface area contributed by atoms with Gasteiger partial charge >= 0.3 is 0 Å². The fourth-order valence-corrected chi connectivity index (χ4v) is 5.61. The number of anilines is 1. The quantitative estimate of drug-likeness (QED) is 0.312. The molecule has 0 spiro atoms. The van der Waals surface area contributed by atoms with Gasteiger partial charge < -0.3 is 24.9 Å². The summed E-state index contributed by atoms with van der Waals surface area (Å²) in [7, 11) is 0. The Kier molecular flexibility index (Phi) is 7.12. The monoisotopic (exact) mass is 544 g/mol. The average Bonchev–Trinajstić information content (AvgIpc) is 3.48. The summed E-state index contributed by atoms with van der Waals surface area (Å²) in [6.45, 7) is 9.26. The second-order valence-electron chi connectivity index (χ2n) is 10.7. The highest BCUT2D eigenvalue weighted by Gasteiger charge is 2.29. The van der Waals surface area contributed by atoms with Gasteiger partial charge in [0.2, 0.25) is 0 Å². The number of rotatable bonds is 8. The molecule has 9 nitrogen and oxygen atoms in total. The molecule has 6 rings (SSSR count). The number of morpholine rings is 1. The maximum atomic E-state index is 13.8. The zero-order valence-electron chi connectivity index (χ0n) is 22.7. The number of nitrogens with one attached hydrogen (secondary N) is 3. The van der Waals surface area contributed by atoms with Crippen molar-refractivity contribution in [1.82, 2.24) is 24.8 Å². The number of aryl methyl sites for hydroxylation is 1. The fourth-order valence-electron chi connectivity index (χ4n) is 5.61. The standard InChI is InChI=1S/C30H33FN6O3/c1-18-3-4-22(31)14-20(18)13-19(2)33-24-5-6-32-29(38)27(24)28-34-25-15-21-17-37(8-7-36-9-11-40-12-10-36)30(39)23(21)16-26(25)35-28/h3-6,14-16,19H,7-13,17H2,1-2H3,(H,34,35)(H2,32,33,38)/t19-/m0/s1. The third-order valence-electron chi connectivity index (χ3n) is 7.81. The SMILES string of the molecule is Cc1ccc(F)cc1C[C@H](C)Nc1cc[nH]c(=O)c1-c1nc2cc3c(cc2[nH]1)CN(CCN1CCOCC1)C3=O. The molecule has 0 bridgehead atoms. The molecule has 4 heterocycles. The van der Waals surface area contributed by atoms with E-state index in [0.29, 0.717) is 47.7 Å². The number of hydrogen-bond donors (Lipinski definition) is 3. The predicted molar refractivity (Wildman–Crippen MR) is 152 cm³/mol. The predicted octanol–water partition coefficient (Wildman–Crippen LogP) is 3.70. The number of halogens is 1. The van der Waals surface area contributed by atoms with E-state index in [4.69, 9.17) is 9.72 Å². The van der Waals surface area contributed by atoms with E-state index in [2.05, 4.69) is 20.2 Å². The molecule has 208 valence electrons. The number of benzene rings is 2. The summed E-state index contributed by atoms with van der Waals surface area (Å²) in [6, 6.07) is 10.3. The van der Waals surface area contributed by atoms with Crippen molar-refractivity contribution in [2.75, 3.05) is 44.7 Å². The number of fused-ring (bicyclic) bond motifs is 2. The van der Waals surface area contributed by atoms with Crippen LogP contribution in [-0.4, -0.2) is 76.1 Å². The Morgan fingerprint density at radius 1 is 1.12 bits per heavy atom. The Hall–Kier alpha value is -4.02. The van der Waals surface area contributed by atoms with Crippen molar-refractivity contribution in [1.29, 1.82) is 0 Å². The Morgan fingerprint density at radius 2 is 1.95 bits per heavy atom. The van der Waals surface area contributed by atoms with Crippen LogP contribution in [0, 0.1) is 12.7 Å². The molecule has 2 aromatic heterocycles. The van der Waals surface area contributed by atoms with Crippen molar-refractivity contribution in [3.63, 3.8) is 0 Å². The van der Waals surface area contributed by atoms with Crippen LogP contribution in [0.1, 0.15) is 34.0 Å². The number of imidazole rings is 1. The minimum Gasteiger partial charge on any atom is -0.381 e. The zero-order valence-corrected chi connectivity index (χ0v) is 22.7. The summed E-state index contributed by atoms with van der Waals surface area (Å²) in [6.07, 6.45) is 2.18. The van der Waals surface area contributed by atoms with Crippen LogP contribution in [0.4, 0.5) is 10.1 Å². The molecule has 0 aliphatic carbocycles. The van der Waals surface area contributed by atoms with E-state index in [-0.39, 0.29) is 23.3 Å². The first-order valence-corrected chi connectivity index (χ1v) is 13.7. The number of pyridine rings is 1. The highest BCUT2D eigenvalue weighted by molar-refractivity contribution is 6.02. The summed E-state index contributed by atoms with van der Waals surface area (Å²) >= 11 is 0. The molecule has 2 aromatic carbocycles. The lowest BCUT2D eigenvalue weighted by molar-refractivity contribution is 0.0327. The molecule has 4 aromatic rings. The number of carbonyl (C=O) groups is 1. The Morgan fingerprint density at radius 3 is 2.77 bits per heavy atom. The van der Waals surface area contributed by atoms with Gasteiger partial charge in [-0.3, -0.25) is 14.5 Å². The highest BCUT2D eigenvalue weighted by atomic mass is 19.1. The number of aromatic amines is 2. The van der Waals surface area contributed by atoms with Crippen molar-refractivity contribution in [2.45, 2.75) is 32.9 Å². The third-order valence-corrected chi connectivity index (χ3v) is 7.81. The largest absolute Gasteiger partial charge is 0.381 e. The van der Waals surface area contributed by atoms with Crippen LogP contribution in [-0.2, 0) is 17.7 Å².